The SMILES string of the molecule is C/C=C(/c1ccc2ncc(C(F)F)n2n1)c1cnc(NC2CCC(F)(F)CC2)nc1C. The van der Waals surface area contributed by atoms with E-state index in [-0.39, 0.29) is 24.6 Å². The lowest BCUT2D eigenvalue weighted by molar-refractivity contribution is -0.0361. The second-order valence-electron chi connectivity index (χ2n) is 7.64. The number of fused-ring (bicyclic) bond motifs is 1. The minimum Gasteiger partial charge on any atom is -0.351 e. The summed E-state index contributed by atoms with van der Waals surface area (Å²) in [5, 5.41) is 7.48. The third-order valence-corrected chi connectivity index (χ3v) is 5.50. The molecule has 10 heteroatoms. The van der Waals surface area contributed by atoms with Gasteiger partial charge in [0.25, 0.3) is 6.43 Å². The highest BCUT2D eigenvalue weighted by atomic mass is 19.3. The largest absolute Gasteiger partial charge is 0.351 e. The lowest BCUT2D eigenvalue weighted by Crippen LogP contribution is -2.32. The molecule has 3 aromatic heterocycles. The number of hydrogen-bond donors (Lipinski definition) is 1. The number of anilines is 1. The fourth-order valence-electron chi connectivity index (χ4n) is 3.79. The number of rotatable bonds is 5. The molecule has 3 heterocycles. The number of hydrogen-bond acceptors (Lipinski definition) is 5. The quantitative estimate of drug-likeness (QED) is 0.559. The van der Waals surface area contributed by atoms with Gasteiger partial charge in [-0.2, -0.15) is 5.10 Å². The van der Waals surface area contributed by atoms with Crippen LogP contribution in [0.1, 0.15) is 61.7 Å². The summed E-state index contributed by atoms with van der Waals surface area (Å²) in [6, 6.07) is 3.24. The number of halogens is 4. The molecule has 4 rings (SSSR count). The number of nitrogens with zero attached hydrogens (tertiary/aromatic N) is 5. The zero-order valence-corrected chi connectivity index (χ0v) is 17.1. The Bertz CT molecular complexity index is 1110. The van der Waals surface area contributed by atoms with Crippen LogP contribution in [0, 0.1) is 6.92 Å². The first-order valence-corrected chi connectivity index (χ1v) is 10.1. The van der Waals surface area contributed by atoms with E-state index in [0.717, 1.165) is 10.7 Å². The molecule has 1 fully saturated rings. The molecule has 0 aromatic carbocycles. The van der Waals surface area contributed by atoms with Gasteiger partial charge in [-0.1, -0.05) is 6.08 Å². The number of aromatic nitrogens is 5. The molecular weight excluding hydrogens is 412 g/mol. The van der Waals surface area contributed by atoms with Crippen molar-refractivity contribution in [2.75, 3.05) is 5.32 Å². The minimum absolute atomic E-state index is 0.0934. The van der Waals surface area contributed by atoms with E-state index < -0.39 is 12.3 Å². The van der Waals surface area contributed by atoms with Crippen molar-refractivity contribution in [3.8, 4) is 0 Å². The van der Waals surface area contributed by atoms with Gasteiger partial charge in [-0.3, -0.25) is 0 Å². The van der Waals surface area contributed by atoms with Gasteiger partial charge in [0.1, 0.15) is 5.69 Å². The number of allylic oxidation sites excluding steroid dienone is 1. The Kier molecular flexibility index (Phi) is 5.63. The maximum atomic E-state index is 13.4. The van der Waals surface area contributed by atoms with Crippen LogP contribution in [0.25, 0.3) is 11.2 Å². The van der Waals surface area contributed by atoms with E-state index in [9.17, 15) is 17.6 Å². The highest BCUT2D eigenvalue weighted by Crippen LogP contribution is 2.34. The van der Waals surface area contributed by atoms with E-state index in [1.165, 1.54) is 0 Å². The number of alkyl halides is 4. The fourth-order valence-corrected chi connectivity index (χ4v) is 3.79. The van der Waals surface area contributed by atoms with Gasteiger partial charge in [-0.15, -0.1) is 0 Å². The number of aryl methyl sites for hydroxylation is 1. The smallest absolute Gasteiger partial charge is 0.282 e. The lowest BCUT2D eigenvalue weighted by atomic mass is 9.92. The van der Waals surface area contributed by atoms with Gasteiger partial charge in [0.15, 0.2) is 5.65 Å². The van der Waals surface area contributed by atoms with E-state index in [1.54, 1.807) is 25.3 Å². The van der Waals surface area contributed by atoms with Crippen LogP contribution in [-0.4, -0.2) is 36.5 Å². The van der Waals surface area contributed by atoms with E-state index >= 15 is 0 Å². The van der Waals surface area contributed by atoms with Crippen LogP contribution in [0.15, 0.2) is 30.6 Å². The average Bonchev–Trinajstić information content (AvgIpc) is 3.15. The van der Waals surface area contributed by atoms with Gasteiger partial charge in [-0.25, -0.2) is 37.0 Å². The predicted octanol–water partition coefficient (Wildman–Crippen LogP) is 5.21. The molecule has 0 bridgehead atoms. The molecule has 0 amide bonds. The Balaban J connectivity index is 1.58. The topological polar surface area (TPSA) is 68.0 Å². The van der Waals surface area contributed by atoms with Crippen LogP contribution >= 0.6 is 0 Å². The van der Waals surface area contributed by atoms with E-state index in [0.29, 0.717) is 47.0 Å². The van der Waals surface area contributed by atoms with Crippen molar-refractivity contribution >= 4 is 17.2 Å². The fraction of sp³-hybridized carbons (Fsp3) is 0.429. The predicted molar refractivity (Wildman–Crippen MR) is 108 cm³/mol. The Morgan fingerprint density at radius 3 is 2.58 bits per heavy atom. The van der Waals surface area contributed by atoms with Crippen LogP contribution in [0.2, 0.25) is 0 Å². The lowest BCUT2D eigenvalue weighted by Gasteiger charge is -2.28. The number of nitrogens with one attached hydrogen (secondary N) is 1. The summed E-state index contributed by atoms with van der Waals surface area (Å²) in [5.74, 6) is -2.21. The second kappa shape index (κ2) is 8.24. The van der Waals surface area contributed by atoms with Crippen molar-refractivity contribution in [1.82, 2.24) is 24.6 Å². The van der Waals surface area contributed by atoms with Crippen molar-refractivity contribution in [3.63, 3.8) is 0 Å². The van der Waals surface area contributed by atoms with E-state index in [1.807, 2.05) is 13.0 Å². The molecule has 0 atom stereocenters. The summed E-state index contributed by atoms with van der Waals surface area (Å²) in [5.41, 5.74) is 2.59. The van der Waals surface area contributed by atoms with Crippen molar-refractivity contribution in [1.29, 1.82) is 0 Å². The van der Waals surface area contributed by atoms with Crippen LogP contribution in [0.4, 0.5) is 23.5 Å². The summed E-state index contributed by atoms with van der Waals surface area (Å²) in [6.07, 6.45) is 2.29. The highest BCUT2D eigenvalue weighted by molar-refractivity contribution is 5.78. The summed E-state index contributed by atoms with van der Waals surface area (Å²) in [6.45, 7) is 3.62. The maximum absolute atomic E-state index is 13.4. The van der Waals surface area contributed by atoms with Crippen molar-refractivity contribution < 1.29 is 17.6 Å². The van der Waals surface area contributed by atoms with Gasteiger partial charge in [0, 0.05) is 36.2 Å². The summed E-state index contributed by atoms with van der Waals surface area (Å²) < 4.78 is 54.3. The first kappa shape index (κ1) is 21.2. The Morgan fingerprint density at radius 1 is 1.19 bits per heavy atom. The molecule has 0 unspecified atom stereocenters. The average molecular weight is 434 g/mol. The summed E-state index contributed by atoms with van der Waals surface area (Å²) >= 11 is 0. The molecule has 1 aliphatic rings. The second-order valence-corrected chi connectivity index (χ2v) is 7.64. The highest BCUT2D eigenvalue weighted by Gasteiger charge is 2.35. The normalized spacial score (nSPS) is 17.5. The molecule has 1 saturated carbocycles. The molecule has 1 aliphatic carbocycles. The third kappa shape index (κ3) is 4.38. The van der Waals surface area contributed by atoms with Gasteiger partial charge >= 0.3 is 0 Å². The van der Waals surface area contributed by atoms with E-state index in [4.69, 9.17) is 0 Å². The van der Waals surface area contributed by atoms with Crippen molar-refractivity contribution in [2.24, 2.45) is 0 Å². The Morgan fingerprint density at radius 2 is 1.94 bits per heavy atom. The molecule has 31 heavy (non-hydrogen) atoms. The molecule has 1 N–H and O–H groups in total. The Labute approximate surface area is 176 Å². The zero-order valence-electron chi connectivity index (χ0n) is 17.1. The first-order chi connectivity index (χ1) is 14.8. The number of imidazole rings is 1. The van der Waals surface area contributed by atoms with E-state index in [2.05, 4.69) is 25.4 Å². The molecule has 0 aliphatic heterocycles. The molecule has 0 radical (unpaired) electrons. The van der Waals surface area contributed by atoms with Crippen LogP contribution in [-0.2, 0) is 0 Å². The van der Waals surface area contributed by atoms with Crippen molar-refractivity contribution in [2.45, 2.75) is 57.9 Å². The maximum Gasteiger partial charge on any atom is 0.282 e. The standard InChI is InChI=1S/C21H22F4N6/c1-3-14(16-4-5-18-26-11-17(19(22)23)31(18)30-16)15-10-27-20(28-12(15)2)29-13-6-8-21(24,25)9-7-13/h3-5,10-11,13,19H,6-9H2,1-2H3,(H,27,28,29)/b14-3+. The van der Waals surface area contributed by atoms with Gasteiger partial charge in [0.05, 0.1) is 17.6 Å². The van der Waals surface area contributed by atoms with Crippen molar-refractivity contribution in [3.05, 3.63) is 53.2 Å². The third-order valence-electron chi connectivity index (χ3n) is 5.50. The summed E-state index contributed by atoms with van der Waals surface area (Å²) in [7, 11) is 0. The first-order valence-electron chi connectivity index (χ1n) is 10.1. The van der Waals surface area contributed by atoms with Crippen LogP contribution < -0.4 is 5.32 Å². The molecular formula is C21H22F4N6. The zero-order chi connectivity index (χ0) is 22.2. The Hall–Kier alpha value is -3.04. The summed E-state index contributed by atoms with van der Waals surface area (Å²) in [4.78, 5) is 12.8. The molecule has 3 aromatic rings. The van der Waals surface area contributed by atoms with Gasteiger partial charge < -0.3 is 5.32 Å². The molecule has 0 spiro atoms. The molecule has 0 saturated heterocycles. The minimum atomic E-state index is -2.69. The van der Waals surface area contributed by atoms with Gasteiger partial charge in [-0.05, 0) is 38.8 Å². The monoisotopic (exact) mass is 434 g/mol. The van der Waals surface area contributed by atoms with Crippen LogP contribution in [0.5, 0.6) is 0 Å². The molecule has 6 nitrogen and oxygen atoms in total. The van der Waals surface area contributed by atoms with Gasteiger partial charge in [0.2, 0.25) is 11.9 Å². The molecule has 164 valence electrons. The van der Waals surface area contributed by atoms with Crippen LogP contribution in [0.3, 0.4) is 0 Å².